The molecule has 1 aliphatic heterocycles. The third kappa shape index (κ3) is 5.87. The third-order valence-electron chi connectivity index (χ3n) is 4.54. The highest BCUT2D eigenvalue weighted by Gasteiger charge is 2.27. The lowest BCUT2D eigenvalue weighted by Gasteiger charge is -2.26. The van der Waals surface area contributed by atoms with Crippen LogP contribution in [0.25, 0.3) is 0 Å². The summed E-state index contributed by atoms with van der Waals surface area (Å²) in [6, 6.07) is 15.1. The Morgan fingerprint density at radius 1 is 1.31 bits per heavy atom. The maximum Gasteiger partial charge on any atom is 0.318 e. The maximum absolute atomic E-state index is 12.7. The normalized spacial score (nSPS) is 15.6. The fourth-order valence-electron chi connectivity index (χ4n) is 3.14. The van der Waals surface area contributed by atoms with E-state index in [0.29, 0.717) is 24.5 Å². The number of nitrogens with one attached hydrogen (secondary N) is 1. The molecular formula is C22H26ClN3O3. The van der Waals surface area contributed by atoms with Gasteiger partial charge in [-0.25, -0.2) is 4.79 Å². The predicted molar refractivity (Wildman–Crippen MR) is 115 cm³/mol. The summed E-state index contributed by atoms with van der Waals surface area (Å²) in [6.45, 7) is 4.74. The van der Waals surface area contributed by atoms with Crippen LogP contribution in [-0.4, -0.2) is 42.4 Å². The van der Waals surface area contributed by atoms with Crippen LogP contribution in [0.15, 0.2) is 53.7 Å². The minimum atomic E-state index is -0.204. The van der Waals surface area contributed by atoms with E-state index >= 15 is 0 Å². The summed E-state index contributed by atoms with van der Waals surface area (Å²) in [5, 5.41) is 7.84. The van der Waals surface area contributed by atoms with Crippen LogP contribution >= 0.6 is 11.6 Å². The van der Waals surface area contributed by atoms with Crippen molar-refractivity contribution in [2.75, 3.05) is 13.7 Å². The molecule has 154 valence electrons. The lowest BCUT2D eigenvalue weighted by Crippen LogP contribution is -2.45. The van der Waals surface area contributed by atoms with Gasteiger partial charge < -0.3 is 19.8 Å². The number of hydrogen-bond acceptors (Lipinski definition) is 4. The zero-order chi connectivity index (χ0) is 20.8. The van der Waals surface area contributed by atoms with Gasteiger partial charge in [0.15, 0.2) is 6.10 Å². The summed E-state index contributed by atoms with van der Waals surface area (Å²) in [4.78, 5) is 20.1. The molecule has 1 heterocycles. The molecule has 0 radical (unpaired) electrons. The first-order valence-electron chi connectivity index (χ1n) is 9.61. The summed E-state index contributed by atoms with van der Waals surface area (Å²) < 4.78 is 5.20. The van der Waals surface area contributed by atoms with Crippen molar-refractivity contribution in [2.24, 2.45) is 5.16 Å². The van der Waals surface area contributed by atoms with Crippen molar-refractivity contribution in [1.82, 2.24) is 10.2 Å². The van der Waals surface area contributed by atoms with Crippen LogP contribution in [0.4, 0.5) is 4.79 Å². The molecule has 0 unspecified atom stereocenters. The molecule has 2 amide bonds. The van der Waals surface area contributed by atoms with Gasteiger partial charge in [0.2, 0.25) is 0 Å². The molecule has 0 fully saturated rings. The van der Waals surface area contributed by atoms with E-state index in [1.165, 1.54) is 0 Å². The van der Waals surface area contributed by atoms with Crippen LogP contribution in [0.2, 0.25) is 5.02 Å². The number of carbonyl (C=O) groups is 1. The largest absolute Gasteiger partial charge is 0.497 e. The Morgan fingerprint density at radius 2 is 2.07 bits per heavy atom. The van der Waals surface area contributed by atoms with Gasteiger partial charge in [-0.05, 0) is 61.4 Å². The molecule has 0 saturated heterocycles. The van der Waals surface area contributed by atoms with Crippen molar-refractivity contribution in [3.05, 3.63) is 64.7 Å². The number of benzene rings is 2. The number of ether oxygens (including phenoxy) is 1. The second-order valence-corrected chi connectivity index (χ2v) is 7.75. The second kappa shape index (κ2) is 9.65. The highest BCUT2D eigenvalue weighted by atomic mass is 35.5. The smallest absolute Gasteiger partial charge is 0.318 e. The first kappa shape index (κ1) is 21.0. The average Bonchev–Trinajstić information content (AvgIpc) is 3.15. The topological polar surface area (TPSA) is 63.2 Å². The van der Waals surface area contributed by atoms with Gasteiger partial charge >= 0.3 is 6.03 Å². The first-order chi connectivity index (χ1) is 13.9. The molecule has 2 aromatic carbocycles. The minimum absolute atomic E-state index is 0.0416. The standard InChI is InChI=1S/C22H26ClN3O3/c1-15(2)24-22(27)26(13-16-5-4-6-18(23)11-16)14-20-12-21(25-29-20)17-7-9-19(28-3)10-8-17/h4-11,15,20H,12-14H2,1-3H3,(H,24,27)/t20-/m0/s1. The molecule has 2 aromatic rings. The molecule has 1 N–H and O–H groups in total. The van der Waals surface area contributed by atoms with Crippen LogP contribution < -0.4 is 10.1 Å². The molecule has 6 nitrogen and oxygen atoms in total. The van der Waals surface area contributed by atoms with E-state index in [1.54, 1.807) is 12.0 Å². The van der Waals surface area contributed by atoms with Gasteiger partial charge in [0, 0.05) is 24.0 Å². The van der Waals surface area contributed by atoms with Gasteiger partial charge in [-0.3, -0.25) is 0 Å². The lowest BCUT2D eigenvalue weighted by molar-refractivity contribution is 0.0586. The Bertz CT molecular complexity index is 868. The van der Waals surface area contributed by atoms with E-state index in [2.05, 4.69) is 10.5 Å². The van der Waals surface area contributed by atoms with Crippen molar-refractivity contribution >= 4 is 23.3 Å². The molecule has 1 atom stereocenters. The maximum atomic E-state index is 12.7. The van der Waals surface area contributed by atoms with E-state index in [9.17, 15) is 4.79 Å². The van der Waals surface area contributed by atoms with E-state index < -0.39 is 0 Å². The van der Waals surface area contributed by atoms with Gasteiger partial charge in [-0.2, -0.15) is 0 Å². The van der Waals surface area contributed by atoms with Crippen molar-refractivity contribution in [3.63, 3.8) is 0 Å². The lowest BCUT2D eigenvalue weighted by atomic mass is 10.0. The summed E-state index contributed by atoms with van der Waals surface area (Å²) in [7, 11) is 1.64. The summed E-state index contributed by atoms with van der Waals surface area (Å²) >= 11 is 6.10. The molecule has 0 aliphatic carbocycles. The van der Waals surface area contributed by atoms with Crippen LogP contribution in [0.5, 0.6) is 5.75 Å². The SMILES string of the molecule is COc1ccc(C2=NO[C@H](CN(Cc3cccc(Cl)c3)C(=O)NC(C)C)C2)cc1. The van der Waals surface area contributed by atoms with Crippen LogP contribution in [0.3, 0.4) is 0 Å². The van der Waals surface area contributed by atoms with E-state index in [1.807, 2.05) is 62.4 Å². The molecule has 0 saturated carbocycles. The fourth-order valence-corrected chi connectivity index (χ4v) is 3.35. The molecule has 1 aliphatic rings. The van der Waals surface area contributed by atoms with Gasteiger partial charge in [0.05, 0.1) is 19.4 Å². The highest BCUT2D eigenvalue weighted by molar-refractivity contribution is 6.30. The minimum Gasteiger partial charge on any atom is -0.497 e. The van der Waals surface area contributed by atoms with Crippen molar-refractivity contribution in [2.45, 2.75) is 39.0 Å². The Kier molecular flexibility index (Phi) is 6.99. The number of halogens is 1. The molecule has 0 bridgehead atoms. The molecular weight excluding hydrogens is 390 g/mol. The fraction of sp³-hybridized carbons (Fsp3) is 0.364. The predicted octanol–water partition coefficient (Wildman–Crippen LogP) is 4.46. The number of amides is 2. The molecule has 7 heteroatoms. The summed E-state index contributed by atoms with van der Waals surface area (Å²) in [5.41, 5.74) is 2.82. The Balaban J connectivity index is 1.66. The summed E-state index contributed by atoms with van der Waals surface area (Å²) in [6.07, 6.45) is 0.428. The van der Waals surface area contributed by atoms with Crippen LogP contribution in [0, 0.1) is 0 Å². The number of methoxy groups -OCH3 is 1. The average molecular weight is 416 g/mol. The first-order valence-corrected chi connectivity index (χ1v) is 9.99. The molecule has 3 rings (SSSR count). The van der Waals surface area contributed by atoms with E-state index in [4.69, 9.17) is 21.2 Å². The molecule has 29 heavy (non-hydrogen) atoms. The Morgan fingerprint density at radius 3 is 2.72 bits per heavy atom. The van der Waals surface area contributed by atoms with Gasteiger partial charge in [0.1, 0.15) is 5.75 Å². The quantitative estimate of drug-likeness (QED) is 0.726. The Hall–Kier alpha value is -2.73. The number of hydrogen-bond donors (Lipinski definition) is 1. The van der Waals surface area contributed by atoms with Crippen molar-refractivity contribution in [1.29, 1.82) is 0 Å². The van der Waals surface area contributed by atoms with E-state index in [0.717, 1.165) is 22.6 Å². The number of carbonyl (C=O) groups excluding carboxylic acids is 1. The van der Waals surface area contributed by atoms with Crippen LogP contribution in [0.1, 0.15) is 31.4 Å². The zero-order valence-electron chi connectivity index (χ0n) is 16.9. The van der Waals surface area contributed by atoms with Crippen molar-refractivity contribution in [3.8, 4) is 5.75 Å². The van der Waals surface area contributed by atoms with Gasteiger partial charge in [-0.15, -0.1) is 0 Å². The number of nitrogens with zero attached hydrogens (tertiary/aromatic N) is 2. The zero-order valence-corrected chi connectivity index (χ0v) is 17.6. The van der Waals surface area contributed by atoms with Gasteiger partial charge in [-0.1, -0.05) is 28.9 Å². The van der Waals surface area contributed by atoms with Gasteiger partial charge in [0.25, 0.3) is 0 Å². The number of rotatable bonds is 7. The van der Waals surface area contributed by atoms with E-state index in [-0.39, 0.29) is 18.2 Å². The molecule has 0 spiro atoms. The highest BCUT2D eigenvalue weighted by Crippen LogP contribution is 2.21. The second-order valence-electron chi connectivity index (χ2n) is 7.31. The van der Waals surface area contributed by atoms with Crippen molar-refractivity contribution < 1.29 is 14.4 Å². The number of urea groups is 1. The summed E-state index contributed by atoms with van der Waals surface area (Å²) in [5.74, 6) is 0.794. The Labute approximate surface area is 176 Å². The van der Waals surface area contributed by atoms with Crippen LogP contribution in [-0.2, 0) is 11.4 Å². The molecule has 0 aromatic heterocycles. The number of oxime groups is 1. The monoisotopic (exact) mass is 415 g/mol. The third-order valence-corrected chi connectivity index (χ3v) is 4.78.